The average Bonchev–Trinajstić information content (AvgIpc) is 3.73. The van der Waals surface area contributed by atoms with Crippen molar-refractivity contribution in [3.8, 4) is 0 Å². The molecule has 0 aliphatic carbocycles. The summed E-state index contributed by atoms with van der Waals surface area (Å²) < 4.78 is 66.1. The van der Waals surface area contributed by atoms with Gasteiger partial charge in [0.05, 0.1) is 49.2 Å². The Morgan fingerprint density at radius 2 is 1.32 bits per heavy atom. The van der Waals surface area contributed by atoms with Crippen LogP contribution < -0.4 is 80.4 Å². The third-order valence-electron chi connectivity index (χ3n) is 9.60. The number of aromatic amines is 1. The van der Waals surface area contributed by atoms with Crippen LogP contribution >= 0.6 is 0 Å². The predicted octanol–water partition coefficient (Wildman–Crippen LogP) is -4.46. The molecule has 3 aliphatic heterocycles. The van der Waals surface area contributed by atoms with E-state index in [4.69, 9.17) is 4.99 Å². The first-order valence-electron chi connectivity index (χ1n) is 17.3. The van der Waals surface area contributed by atoms with E-state index in [1.807, 2.05) is 13.8 Å². The predicted molar refractivity (Wildman–Crippen MR) is 204 cm³/mol. The fourth-order valence-electron chi connectivity index (χ4n) is 6.55. The van der Waals surface area contributed by atoms with Crippen molar-refractivity contribution in [1.82, 2.24) is 26.3 Å². The van der Waals surface area contributed by atoms with E-state index in [2.05, 4.69) is 39.4 Å². The number of H-pyrrole nitrogens is 1. The fraction of sp³-hybridized carbons (Fsp3) is 0.378. The zero-order chi connectivity index (χ0) is 40.8. The first kappa shape index (κ1) is 50.0. The number of carbonyl (C=O) groups excluding carboxylic acids is 4. The van der Waals surface area contributed by atoms with Gasteiger partial charge in [-0.2, -0.15) is 0 Å². The van der Waals surface area contributed by atoms with Crippen molar-refractivity contribution < 1.29 is 104 Å². The Labute approximate surface area is 377 Å². The molecule has 57 heavy (non-hydrogen) atoms. The van der Waals surface area contributed by atoms with Gasteiger partial charge in [-0.1, -0.05) is 25.3 Å². The maximum atomic E-state index is 12.7. The molecule has 1 atom stereocenters. The van der Waals surface area contributed by atoms with Gasteiger partial charge in [0.25, 0.3) is 11.8 Å². The zero-order valence-electron chi connectivity index (χ0n) is 33.0. The number of rotatable bonds is 18. The molecule has 0 radical (unpaired) electrons. The summed E-state index contributed by atoms with van der Waals surface area (Å²) in [4.78, 5) is 58.9. The summed E-state index contributed by atoms with van der Waals surface area (Å²) in [6, 6.07) is -0.537. The summed E-state index contributed by atoms with van der Waals surface area (Å²) in [6.07, 6.45) is 7.16. The fourth-order valence-corrected chi connectivity index (χ4v) is 7.25. The quantitative estimate of drug-likeness (QED) is 0.0700. The van der Waals surface area contributed by atoms with E-state index in [-0.39, 0.29) is 116 Å². The minimum absolute atomic E-state index is 0. The van der Waals surface area contributed by atoms with Crippen molar-refractivity contribution >= 4 is 55.7 Å². The van der Waals surface area contributed by atoms with E-state index >= 15 is 0 Å². The van der Waals surface area contributed by atoms with Crippen LogP contribution in [0.2, 0.25) is 0 Å². The average molecular weight is 843 g/mol. The molecule has 1 aromatic rings. The molecule has 0 spiro atoms. The Kier molecular flexibility index (Phi) is 18.6. The molecule has 4 rings (SSSR count). The molecule has 1 unspecified atom stereocenters. The van der Waals surface area contributed by atoms with Crippen LogP contribution in [0, 0.1) is 6.92 Å². The molecule has 4 amide bonds. The summed E-state index contributed by atoms with van der Waals surface area (Å²) in [5, 5.41) is 10.6. The topological polar surface area (TPSA) is 259 Å². The van der Waals surface area contributed by atoms with E-state index < -0.39 is 49.6 Å². The first-order chi connectivity index (χ1) is 25.7. The van der Waals surface area contributed by atoms with Gasteiger partial charge in [-0.3, -0.25) is 24.2 Å². The van der Waals surface area contributed by atoms with Crippen molar-refractivity contribution in [3.05, 3.63) is 98.7 Å². The monoisotopic (exact) mass is 842 g/mol. The van der Waals surface area contributed by atoms with Crippen molar-refractivity contribution in [2.75, 3.05) is 24.6 Å². The summed E-state index contributed by atoms with van der Waals surface area (Å²) in [5.74, 6) is -2.99. The minimum atomic E-state index is -4.52. The number of nitrogens with one attached hydrogen (secondary N) is 5. The van der Waals surface area contributed by atoms with E-state index in [1.54, 1.807) is 32.1 Å². The van der Waals surface area contributed by atoms with Gasteiger partial charge in [0.2, 0.25) is 11.8 Å². The molecule has 0 bridgehead atoms. The van der Waals surface area contributed by atoms with Gasteiger partial charge in [-0.05, 0) is 80.5 Å². The van der Waals surface area contributed by atoms with Crippen molar-refractivity contribution in [3.63, 3.8) is 0 Å². The van der Waals surface area contributed by atoms with Crippen LogP contribution in [0.3, 0.4) is 0 Å². The first-order valence-corrected chi connectivity index (χ1v) is 20.5. The molecule has 1 aromatic heterocycles. The third kappa shape index (κ3) is 13.4. The standard InChI is InChI=1S/C37H46N6O10S2.2Na/c1-7-24-23(6)36(46)43-31(24)18-29-22(5)27(10-12-35(45)39-14-16-55(51,52)53)33(41-29)19-32-26(9-11-34(44)38-13-15-54(48,49)50)21(4)28(40-32)17-30-20(3)25(8-2)37(47)42-30;;/h7-8,17-18,33,40H,1-2,9-16,19H2,3-6H3,(H,38,44)(H,39,45)(H,42,47)(H,43,46)(H,48,49,50)(H,51,52,53);;/q;2*+1/p-2/b30-17+,31-18-;;. The maximum Gasteiger partial charge on any atom is 1.00 e. The smallest absolute Gasteiger partial charge is 0.748 e. The van der Waals surface area contributed by atoms with Gasteiger partial charge in [-0.15, -0.1) is 0 Å². The second-order valence-electron chi connectivity index (χ2n) is 13.2. The largest absolute Gasteiger partial charge is 1.00 e. The number of hydrogen-bond donors (Lipinski definition) is 5. The molecule has 16 nitrogen and oxygen atoms in total. The summed E-state index contributed by atoms with van der Waals surface area (Å²) in [6.45, 7) is 14.0. The van der Waals surface area contributed by atoms with Crippen molar-refractivity contribution in [2.45, 2.75) is 65.8 Å². The molecule has 3 aliphatic rings. The Morgan fingerprint density at radius 1 is 0.772 bits per heavy atom. The van der Waals surface area contributed by atoms with Crippen LogP contribution in [-0.2, 0) is 52.3 Å². The number of allylic oxidation sites excluding steroid dienone is 4. The zero-order valence-corrected chi connectivity index (χ0v) is 38.6. The number of aliphatic imine (C=N–C) groups is 1. The third-order valence-corrected chi connectivity index (χ3v) is 11.0. The van der Waals surface area contributed by atoms with Crippen LogP contribution in [-0.4, -0.2) is 90.9 Å². The molecular formula is C37H44N6Na2O10S2. The molecule has 296 valence electrons. The molecule has 0 saturated heterocycles. The molecule has 0 fully saturated rings. The van der Waals surface area contributed by atoms with E-state index in [1.165, 1.54) is 6.08 Å². The van der Waals surface area contributed by atoms with Gasteiger partial charge < -0.3 is 35.4 Å². The van der Waals surface area contributed by atoms with Gasteiger partial charge >= 0.3 is 59.1 Å². The van der Waals surface area contributed by atoms with Crippen LogP contribution in [0.25, 0.3) is 6.08 Å². The Hall–Kier alpha value is -3.17. The van der Waals surface area contributed by atoms with Gasteiger partial charge in [-0.25, -0.2) is 16.8 Å². The minimum Gasteiger partial charge on any atom is -0.748 e. The maximum absolute atomic E-state index is 12.7. The normalized spacial score (nSPS) is 18.4. The Morgan fingerprint density at radius 3 is 1.84 bits per heavy atom. The number of nitrogens with zero attached hydrogens (tertiary/aromatic N) is 1. The Balaban J connectivity index is 0.00000561. The van der Waals surface area contributed by atoms with Crippen LogP contribution in [0.1, 0.15) is 62.5 Å². The van der Waals surface area contributed by atoms with E-state index in [9.17, 15) is 45.1 Å². The van der Waals surface area contributed by atoms with E-state index in [0.717, 1.165) is 22.3 Å². The summed E-state index contributed by atoms with van der Waals surface area (Å²) in [7, 11) is -9.03. The molecule has 0 saturated carbocycles. The number of amides is 4. The number of aromatic nitrogens is 1. The van der Waals surface area contributed by atoms with Crippen molar-refractivity contribution in [1.29, 1.82) is 0 Å². The van der Waals surface area contributed by atoms with Crippen LogP contribution in [0.5, 0.6) is 0 Å². The van der Waals surface area contributed by atoms with E-state index in [0.29, 0.717) is 50.8 Å². The molecule has 5 N–H and O–H groups in total. The molecular weight excluding hydrogens is 799 g/mol. The molecule has 0 aromatic carbocycles. The molecule has 4 heterocycles. The molecule has 20 heteroatoms. The Bertz CT molecular complexity index is 2270. The van der Waals surface area contributed by atoms with Gasteiger partial charge in [0, 0.05) is 66.2 Å². The van der Waals surface area contributed by atoms with Gasteiger partial charge in [0.15, 0.2) is 0 Å². The second-order valence-corrected chi connectivity index (χ2v) is 16.3. The SMILES string of the molecule is C=CC1=C(C)/C(=C\c2[nH]c(CC3N=C(/C=C4\NC(=O)C(C)=C4C=C)C(C)=C3CCC(=O)NCCS(=O)(=O)[O-])c(CCC(=O)NCCS(=O)(=O)[O-])c2C)NC1=O.[Na+].[Na+]. The second kappa shape index (κ2) is 21.2. The van der Waals surface area contributed by atoms with Crippen LogP contribution in [0.15, 0.2) is 81.2 Å². The van der Waals surface area contributed by atoms with Crippen molar-refractivity contribution in [2.24, 2.45) is 4.99 Å². The van der Waals surface area contributed by atoms with Crippen LogP contribution in [0.4, 0.5) is 0 Å². The van der Waals surface area contributed by atoms with Gasteiger partial charge in [0.1, 0.15) is 0 Å². The summed E-state index contributed by atoms with van der Waals surface area (Å²) in [5.41, 5.74) is 8.26. The number of carbonyl (C=O) groups is 4. The number of hydrogen-bond acceptors (Lipinski definition) is 11. The summed E-state index contributed by atoms with van der Waals surface area (Å²) >= 11 is 0.